The summed E-state index contributed by atoms with van der Waals surface area (Å²) < 4.78 is 2.19. The van der Waals surface area contributed by atoms with Crippen LogP contribution in [0.25, 0.3) is 11.0 Å². The zero-order valence-electron chi connectivity index (χ0n) is 11.9. The van der Waals surface area contributed by atoms with E-state index in [0.717, 1.165) is 37.1 Å². The highest BCUT2D eigenvalue weighted by Crippen LogP contribution is 2.16. The molecule has 0 saturated heterocycles. The zero-order chi connectivity index (χ0) is 13.7. The van der Waals surface area contributed by atoms with Crippen molar-refractivity contribution in [2.45, 2.75) is 32.2 Å². The molecule has 0 aliphatic carbocycles. The minimum Gasteiger partial charge on any atom is -0.331 e. The summed E-state index contributed by atoms with van der Waals surface area (Å²) in [7, 11) is 2.09. The number of rotatable bonds is 7. The minimum atomic E-state index is 0.424. The first-order valence-corrected chi connectivity index (χ1v) is 7.00. The van der Waals surface area contributed by atoms with E-state index < -0.39 is 0 Å². The molecule has 3 heteroatoms. The summed E-state index contributed by atoms with van der Waals surface area (Å²) in [5.74, 6) is 1.14. The summed E-state index contributed by atoms with van der Waals surface area (Å²) in [6.45, 7) is 7.08. The topological polar surface area (TPSA) is 29.9 Å². The number of nitrogens with zero attached hydrogens (tertiary/aromatic N) is 2. The van der Waals surface area contributed by atoms with E-state index in [2.05, 4.69) is 48.6 Å². The number of nitrogens with one attached hydrogen (secondary N) is 1. The summed E-state index contributed by atoms with van der Waals surface area (Å²) in [6, 6.07) is 8.71. The Hall–Kier alpha value is -1.61. The minimum absolute atomic E-state index is 0.424. The summed E-state index contributed by atoms with van der Waals surface area (Å²) in [5, 5.41) is 3.57. The van der Waals surface area contributed by atoms with Crippen LogP contribution in [0, 0.1) is 0 Å². The standard InChI is InChI=1S/C16H23N3/c1-4-8-13(17-11-5-2)12-16-18-14-9-6-7-10-15(14)19(16)3/h4,6-7,9-10,13,17H,1,5,8,11-12H2,2-3H3. The van der Waals surface area contributed by atoms with E-state index in [1.807, 2.05) is 12.1 Å². The van der Waals surface area contributed by atoms with E-state index in [1.165, 1.54) is 5.52 Å². The Morgan fingerprint density at radius 2 is 2.21 bits per heavy atom. The average Bonchev–Trinajstić information content (AvgIpc) is 2.74. The SMILES string of the molecule is C=CCC(Cc1nc2ccccc2n1C)NCCC. The van der Waals surface area contributed by atoms with E-state index in [1.54, 1.807) is 0 Å². The van der Waals surface area contributed by atoms with Crippen LogP contribution < -0.4 is 5.32 Å². The number of hydrogen-bond acceptors (Lipinski definition) is 2. The van der Waals surface area contributed by atoms with Crippen LogP contribution in [0.4, 0.5) is 0 Å². The molecule has 2 aromatic rings. The second-order valence-electron chi connectivity index (χ2n) is 4.96. The van der Waals surface area contributed by atoms with Gasteiger partial charge in [-0.05, 0) is 31.5 Å². The Labute approximate surface area is 115 Å². The fourth-order valence-electron chi connectivity index (χ4n) is 2.39. The molecule has 19 heavy (non-hydrogen) atoms. The fourth-order valence-corrected chi connectivity index (χ4v) is 2.39. The van der Waals surface area contributed by atoms with Gasteiger partial charge in [0.25, 0.3) is 0 Å². The molecule has 2 rings (SSSR count). The molecule has 1 heterocycles. The quantitative estimate of drug-likeness (QED) is 0.773. The number of fused-ring (bicyclic) bond motifs is 1. The van der Waals surface area contributed by atoms with Crippen LogP contribution in [0.2, 0.25) is 0 Å². The Bertz CT molecular complexity index is 542. The molecule has 1 aromatic heterocycles. The van der Waals surface area contributed by atoms with Crippen molar-refractivity contribution in [3.05, 3.63) is 42.7 Å². The van der Waals surface area contributed by atoms with Gasteiger partial charge in [0, 0.05) is 19.5 Å². The smallest absolute Gasteiger partial charge is 0.111 e. The number of aryl methyl sites for hydroxylation is 1. The second-order valence-corrected chi connectivity index (χ2v) is 4.96. The fraction of sp³-hybridized carbons (Fsp3) is 0.438. The monoisotopic (exact) mass is 257 g/mol. The van der Waals surface area contributed by atoms with Crippen LogP contribution >= 0.6 is 0 Å². The van der Waals surface area contributed by atoms with E-state index in [4.69, 9.17) is 4.98 Å². The first-order valence-electron chi connectivity index (χ1n) is 7.00. The van der Waals surface area contributed by atoms with E-state index in [-0.39, 0.29) is 0 Å². The highest BCUT2D eigenvalue weighted by molar-refractivity contribution is 5.75. The average molecular weight is 257 g/mol. The summed E-state index contributed by atoms with van der Waals surface area (Å²) >= 11 is 0. The Balaban J connectivity index is 2.18. The molecule has 102 valence electrons. The van der Waals surface area contributed by atoms with Gasteiger partial charge in [0.1, 0.15) is 5.82 Å². The Morgan fingerprint density at radius 3 is 2.89 bits per heavy atom. The summed E-state index contributed by atoms with van der Waals surface area (Å²) in [6.07, 6.45) is 5.05. The van der Waals surface area contributed by atoms with Crippen LogP contribution in [0.3, 0.4) is 0 Å². The first-order chi connectivity index (χ1) is 9.26. The van der Waals surface area contributed by atoms with Gasteiger partial charge in [0.15, 0.2) is 0 Å². The maximum absolute atomic E-state index is 4.73. The largest absolute Gasteiger partial charge is 0.331 e. The van der Waals surface area contributed by atoms with Gasteiger partial charge in [0.05, 0.1) is 11.0 Å². The van der Waals surface area contributed by atoms with Crippen molar-refractivity contribution in [1.29, 1.82) is 0 Å². The lowest BCUT2D eigenvalue weighted by Gasteiger charge is -2.16. The van der Waals surface area contributed by atoms with Crippen molar-refractivity contribution in [2.24, 2.45) is 7.05 Å². The number of imidazole rings is 1. The predicted molar refractivity (Wildman–Crippen MR) is 81.3 cm³/mol. The summed E-state index contributed by atoms with van der Waals surface area (Å²) in [4.78, 5) is 4.73. The van der Waals surface area contributed by atoms with E-state index >= 15 is 0 Å². The maximum Gasteiger partial charge on any atom is 0.111 e. The lowest BCUT2D eigenvalue weighted by Crippen LogP contribution is -2.32. The molecule has 0 bridgehead atoms. The molecule has 0 aliphatic heterocycles. The molecule has 1 unspecified atom stereocenters. The maximum atomic E-state index is 4.73. The predicted octanol–water partition coefficient (Wildman–Crippen LogP) is 3.06. The highest BCUT2D eigenvalue weighted by Gasteiger charge is 2.12. The number of para-hydroxylation sites is 2. The van der Waals surface area contributed by atoms with Crippen LogP contribution in [-0.4, -0.2) is 22.1 Å². The molecule has 0 spiro atoms. The third-order valence-electron chi connectivity index (χ3n) is 3.44. The molecule has 1 N–H and O–H groups in total. The molecular formula is C16H23N3. The molecule has 0 fully saturated rings. The molecule has 0 radical (unpaired) electrons. The van der Waals surface area contributed by atoms with Gasteiger partial charge in [0.2, 0.25) is 0 Å². The molecule has 0 aliphatic rings. The first kappa shape index (κ1) is 13.8. The van der Waals surface area contributed by atoms with Crippen molar-refractivity contribution in [1.82, 2.24) is 14.9 Å². The van der Waals surface area contributed by atoms with Gasteiger partial charge in [-0.1, -0.05) is 25.1 Å². The van der Waals surface area contributed by atoms with Crippen LogP contribution in [0.5, 0.6) is 0 Å². The van der Waals surface area contributed by atoms with Gasteiger partial charge in [-0.3, -0.25) is 0 Å². The van der Waals surface area contributed by atoms with Crippen molar-refractivity contribution in [2.75, 3.05) is 6.54 Å². The molecule has 1 aromatic carbocycles. The van der Waals surface area contributed by atoms with Crippen molar-refractivity contribution in [3.8, 4) is 0 Å². The number of hydrogen-bond donors (Lipinski definition) is 1. The Morgan fingerprint density at radius 1 is 1.42 bits per heavy atom. The normalized spacial score (nSPS) is 12.7. The third-order valence-corrected chi connectivity index (χ3v) is 3.44. The van der Waals surface area contributed by atoms with Gasteiger partial charge in [-0.2, -0.15) is 0 Å². The van der Waals surface area contributed by atoms with Crippen molar-refractivity contribution < 1.29 is 0 Å². The molecular weight excluding hydrogens is 234 g/mol. The number of benzene rings is 1. The number of aromatic nitrogens is 2. The summed E-state index contributed by atoms with van der Waals surface area (Å²) in [5.41, 5.74) is 2.28. The zero-order valence-corrected chi connectivity index (χ0v) is 11.9. The van der Waals surface area contributed by atoms with Gasteiger partial charge in [-0.15, -0.1) is 6.58 Å². The van der Waals surface area contributed by atoms with E-state index in [0.29, 0.717) is 6.04 Å². The van der Waals surface area contributed by atoms with Gasteiger partial charge >= 0.3 is 0 Å². The second kappa shape index (κ2) is 6.53. The Kier molecular flexibility index (Phi) is 4.74. The van der Waals surface area contributed by atoms with Crippen molar-refractivity contribution in [3.63, 3.8) is 0 Å². The van der Waals surface area contributed by atoms with Gasteiger partial charge in [-0.25, -0.2) is 4.98 Å². The lowest BCUT2D eigenvalue weighted by atomic mass is 10.1. The van der Waals surface area contributed by atoms with Crippen molar-refractivity contribution >= 4 is 11.0 Å². The molecule has 0 amide bonds. The molecule has 3 nitrogen and oxygen atoms in total. The van der Waals surface area contributed by atoms with E-state index in [9.17, 15) is 0 Å². The van der Waals surface area contributed by atoms with Crippen LogP contribution in [0.1, 0.15) is 25.6 Å². The molecule has 1 atom stereocenters. The third kappa shape index (κ3) is 3.24. The van der Waals surface area contributed by atoms with Crippen LogP contribution in [0.15, 0.2) is 36.9 Å². The lowest BCUT2D eigenvalue weighted by molar-refractivity contribution is 0.497. The highest BCUT2D eigenvalue weighted by atomic mass is 15.1. The van der Waals surface area contributed by atoms with Gasteiger partial charge < -0.3 is 9.88 Å². The molecule has 0 saturated carbocycles. The van der Waals surface area contributed by atoms with Crippen LogP contribution in [-0.2, 0) is 13.5 Å².